The number of nitrogens with zero attached hydrogens (tertiary/aromatic N) is 2. The number of ether oxygens (including phenoxy) is 1. The lowest BCUT2D eigenvalue weighted by Gasteiger charge is -2.34. The SMILES string of the molecule is Cc1ccc(-c2cnc(CCC(=O)NCC3CCCN(C(=O)OC(C)(C)C)C3)o2)cc1. The van der Waals surface area contributed by atoms with Crippen LogP contribution in [-0.2, 0) is 16.0 Å². The number of benzene rings is 1. The molecule has 1 aromatic heterocycles. The maximum Gasteiger partial charge on any atom is 0.410 e. The van der Waals surface area contributed by atoms with E-state index < -0.39 is 5.60 Å². The van der Waals surface area contributed by atoms with Gasteiger partial charge >= 0.3 is 6.09 Å². The van der Waals surface area contributed by atoms with E-state index in [1.807, 2.05) is 52.0 Å². The molecule has 0 saturated carbocycles. The second-order valence-corrected chi connectivity index (χ2v) is 9.22. The molecule has 3 rings (SSSR count). The molecule has 7 nitrogen and oxygen atoms in total. The van der Waals surface area contributed by atoms with Gasteiger partial charge in [0.2, 0.25) is 5.91 Å². The summed E-state index contributed by atoms with van der Waals surface area (Å²) < 4.78 is 11.2. The lowest BCUT2D eigenvalue weighted by atomic mass is 9.98. The highest BCUT2D eigenvalue weighted by atomic mass is 16.6. The van der Waals surface area contributed by atoms with Gasteiger partial charge in [-0.1, -0.05) is 29.8 Å². The van der Waals surface area contributed by atoms with E-state index in [2.05, 4.69) is 10.3 Å². The fourth-order valence-corrected chi connectivity index (χ4v) is 3.57. The van der Waals surface area contributed by atoms with E-state index in [4.69, 9.17) is 9.15 Å². The maximum atomic E-state index is 12.3. The van der Waals surface area contributed by atoms with Crippen LogP contribution in [0.25, 0.3) is 11.3 Å². The molecule has 1 N–H and O–H groups in total. The summed E-state index contributed by atoms with van der Waals surface area (Å²) in [6.07, 6.45) is 4.09. The Bertz CT molecular complexity index is 883. The minimum atomic E-state index is -0.503. The van der Waals surface area contributed by atoms with Gasteiger partial charge in [0.1, 0.15) is 5.60 Å². The van der Waals surface area contributed by atoms with Gasteiger partial charge in [-0.15, -0.1) is 0 Å². The van der Waals surface area contributed by atoms with Crippen molar-refractivity contribution in [2.75, 3.05) is 19.6 Å². The predicted molar refractivity (Wildman–Crippen MR) is 119 cm³/mol. The summed E-state index contributed by atoms with van der Waals surface area (Å²) >= 11 is 0. The van der Waals surface area contributed by atoms with Crippen LogP contribution in [0.5, 0.6) is 0 Å². The highest BCUT2D eigenvalue weighted by molar-refractivity contribution is 5.76. The number of carbonyl (C=O) groups excluding carboxylic acids is 2. The molecule has 168 valence electrons. The normalized spacial score (nSPS) is 16.8. The molecule has 1 aliphatic rings. The van der Waals surface area contributed by atoms with Gasteiger partial charge in [-0.05, 0) is 46.5 Å². The van der Waals surface area contributed by atoms with Crippen LogP contribution in [0, 0.1) is 12.8 Å². The molecule has 31 heavy (non-hydrogen) atoms. The number of piperidine rings is 1. The molecule has 1 atom stereocenters. The lowest BCUT2D eigenvalue weighted by Crippen LogP contribution is -2.45. The molecule has 1 aromatic carbocycles. The van der Waals surface area contributed by atoms with E-state index >= 15 is 0 Å². The summed E-state index contributed by atoms with van der Waals surface area (Å²) in [5.41, 5.74) is 1.66. The first-order valence-electron chi connectivity index (χ1n) is 11.0. The Balaban J connectivity index is 1.41. The molecular formula is C24H33N3O4. The second kappa shape index (κ2) is 9.98. The summed E-state index contributed by atoms with van der Waals surface area (Å²) in [7, 11) is 0. The largest absolute Gasteiger partial charge is 0.444 e. The average Bonchev–Trinajstić information content (AvgIpc) is 3.19. The third-order valence-electron chi connectivity index (χ3n) is 5.21. The number of carbonyl (C=O) groups is 2. The molecule has 1 saturated heterocycles. The Morgan fingerprint density at radius 3 is 2.71 bits per heavy atom. The van der Waals surface area contributed by atoms with E-state index in [1.165, 1.54) is 5.56 Å². The van der Waals surface area contributed by atoms with Crippen molar-refractivity contribution in [3.8, 4) is 11.3 Å². The van der Waals surface area contributed by atoms with Crippen molar-refractivity contribution in [2.24, 2.45) is 5.92 Å². The molecule has 0 aliphatic carbocycles. The minimum absolute atomic E-state index is 0.0375. The Morgan fingerprint density at radius 2 is 2.00 bits per heavy atom. The van der Waals surface area contributed by atoms with E-state index in [0.717, 1.165) is 18.4 Å². The van der Waals surface area contributed by atoms with Crippen molar-refractivity contribution in [2.45, 2.75) is 59.0 Å². The zero-order chi connectivity index (χ0) is 22.4. The lowest BCUT2D eigenvalue weighted by molar-refractivity contribution is -0.121. The van der Waals surface area contributed by atoms with Gasteiger partial charge in [0.05, 0.1) is 6.20 Å². The van der Waals surface area contributed by atoms with Crippen molar-refractivity contribution >= 4 is 12.0 Å². The maximum absolute atomic E-state index is 12.3. The monoisotopic (exact) mass is 427 g/mol. The van der Waals surface area contributed by atoms with Crippen molar-refractivity contribution in [1.29, 1.82) is 0 Å². The third kappa shape index (κ3) is 7.12. The van der Waals surface area contributed by atoms with Gasteiger partial charge in [0, 0.05) is 38.0 Å². The summed E-state index contributed by atoms with van der Waals surface area (Å²) in [5.74, 6) is 1.46. The molecule has 0 spiro atoms. The van der Waals surface area contributed by atoms with Crippen LogP contribution in [0.1, 0.15) is 51.5 Å². The van der Waals surface area contributed by atoms with Gasteiger partial charge in [-0.25, -0.2) is 9.78 Å². The number of rotatable bonds is 6. The summed E-state index contributed by atoms with van der Waals surface area (Å²) in [4.78, 5) is 30.6. The Labute approximate surface area is 184 Å². The van der Waals surface area contributed by atoms with Crippen molar-refractivity contribution in [3.63, 3.8) is 0 Å². The standard InChI is InChI=1S/C24H33N3O4/c1-17-7-9-19(10-8-17)20-15-26-22(30-20)12-11-21(28)25-14-18-6-5-13-27(16-18)23(29)31-24(2,3)4/h7-10,15,18H,5-6,11-14,16H2,1-4H3,(H,25,28). The van der Waals surface area contributed by atoms with Crippen LogP contribution in [0.4, 0.5) is 4.79 Å². The smallest absolute Gasteiger partial charge is 0.410 e. The van der Waals surface area contributed by atoms with Gasteiger partial charge in [0.25, 0.3) is 0 Å². The molecule has 2 aromatic rings. The van der Waals surface area contributed by atoms with E-state index in [9.17, 15) is 9.59 Å². The van der Waals surface area contributed by atoms with Gasteiger partial charge in [-0.3, -0.25) is 4.79 Å². The third-order valence-corrected chi connectivity index (χ3v) is 5.21. The number of nitrogens with one attached hydrogen (secondary N) is 1. The van der Waals surface area contributed by atoms with Crippen LogP contribution < -0.4 is 5.32 Å². The van der Waals surface area contributed by atoms with Crippen LogP contribution in [0.3, 0.4) is 0 Å². The number of aryl methyl sites for hydroxylation is 2. The molecule has 0 radical (unpaired) electrons. The highest BCUT2D eigenvalue weighted by Crippen LogP contribution is 2.22. The molecule has 2 amide bonds. The first-order valence-corrected chi connectivity index (χ1v) is 11.0. The molecule has 1 unspecified atom stereocenters. The van der Waals surface area contributed by atoms with Crippen molar-refractivity contribution in [1.82, 2.24) is 15.2 Å². The topological polar surface area (TPSA) is 84.7 Å². The molecule has 1 fully saturated rings. The number of aromatic nitrogens is 1. The molecule has 7 heteroatoms. The molecule has 2 heterocycles. The summed E-state index contributed by atoms with van der Waals surface area (Å²) in [6.45, 7) is 9.50. The van der Waals surface area contributed by atoms with E-state index in [-0.39, 0.29) is 17.9 Å². The minimum Gasteiger partial charge on any atom is -0.444 e. The quantitative estimate of drug-likeness (QED) is 0.741. The number of hydrogen-bond acceptors (Lipinski definition) is 5. The molecule has 0 bridgehead atoms. The zero-order valence-corrected chi connectivity index (χ0v) is 18.9. The van der Waals surface area contributed by atoms with Crippen LogP contribution in [0.2, 0.25) is 0 Å². The van der Waals surface area contributed by atoms with Crippen LogP contribution in [0.15, 0.2) is 34.9 Å². The summed E-state index contributed by atoms with van der Waals surface area (Å²) in [5, 5.41) is 2.99. The number of amides is 2. The number of oxazole rings is 1. The average molecular weight is 428 g/mol. The first-order chi connectivity index (χ1) is 14.7. The van der Waals surface area contributed by atoms with Gasteiger partial charge in [0.15, 0.2) is 11.7 Å². The first kappa shape index (κ1) is 22.8. The van der Waals surface area contributed by atoms with Crippen LogP contribution >= 0.6 is 0 Å². The van der Waals surface area contributed by atoms with Crippen molar-refractivity contribution < 1.29 is 18.7 Å². The Hall–Kier alpha value is -2.83. The fourth-order valence-electron chi connectivity index (χ4n) is 3.57. The Kier molecular flexibility index (Phi) is 7.36. The van der Waals surface area contributed by atoms with Crippen molar-refractivity contribution in [3.05, 3.63) is 41.9 Å². The van der Waals surface area contributed by atoms with E-state index in [0.29, 0.717) is 44.1 Å². The number of hydrogen-bond donors (Lipinski definition) is 1. The summed E-state index contributed by atoms with van der Waals surface area (Å²) in [6, 6.07) is 8.05. The molecular weight excluding hydrogens is 394 g/mol. The Morgan fingerprint density at radius 1 is 1.26 bits per heavy atom. The predicted octanol–water partition coefficient (Wildman–Crippen LogP) is 4.35. The van der Waals surface area contributed by atoms with Gasteiger partial charge < -0.3 is 19.4 Å². The second-order valence-electron chi connectivity index (χ2n) is 9.22. The highest BCUT2D eigenvalue weighted by Gasteiger charge is 2.27. The zero-order valence-electron chi connectivity index (χ0n) is 18.9. The van der Waals surface area contributed by atoms with Crippen LogP contribution in [-0.4, -0.2) is 47.1 Å². The fraction of sp³-hybridized carbons (Fsp3) is 0.542. The molecule has 1 aliphatic heterocycles. The number of likely N-dealkylation sites (tertiary alicyclic amines) is 1. The van der Waals surface area contributed by atoms with Gasteiger partial charge in [-0.2, -0.15) is 0 Å². The van der Waals surface area contributed by atoms with E-state index in [1.54, 1.807) is 11.1 Å².